The molecule has 102 valence electrons. The number of hydrogen-bond acceptors (Lipinski definition) is 0. The fourth-order valence-corrected chi connectivity index (χ4v) is 3.44. The van der Waals surface area contributed by atoms with E-state index < -0.39 is 31.2 Å². The third-order valence-corrected chi connectivity index (χ3v) is 4.98. The third kappa shape index (κ3) is 3.68. The third-order valence-electron chi connectivity index (χ3n) is 2.84. The van der Waals surface area contributed by atoms with Crippen LogP contribution >= 0.6 is 7.92 Å². The highest BCUT2D eigenvalue weighted by Crippen LogP contribution is 2.33. The molecule has 1 rings (SSSR count). The Morgan fingerprint density at radius 3 is 2.22 bits per heavy atom. The molecule has 0 spiro atoms. The molecule has 0 aliphatic heterocycles. The molecule has 1 aromatic rings. The van der Waals surface area contributed by atoms with E-state index in [0.717, 1.165) is 31.7 Å². The molecule has 0 radical (unpaired) electrons. The summed E-state index contributed by atoms with van der Waals surface area (Å²) >= 11 is 0. The van der Waals surface area contributed by atoms with Gasteiger partial charge in [-0.2, -0.15) is 0 Å². The van der Waals surface area contributed by atoms with E-state index in [0.29, 0.717) is 6.16 Å². The predicted molar refractivity (Wildman–Crippen MR) is 67.8 cm³/mol. The zero-order chi connectivity index (χ0) is 13.7. The lowest BCUT2D eigenvalue weighted by molar-refractivity contribution is 0.412. The monoisotopic (exact) mass is 280 g/mol. The van der Waals surface area contributed by atoms with Gasteiger partial charge in [-0.05, 0) is 25.3 Å². The number of rotatable bonds is 6. The Kier molecular flexibility index (Phi) is 6.07. The molecule has 0 amide bonds. The number of halogens is 4. The molecule has 0 saturated heterocycles. The molecule has 1 aromatic carbocycles. The molecule has 18 heavy (non-hydrogen) atoms. The zero-order valence-electron chi connectivity index (χ0n) is 10.6. The predicted octanol–water partition coefficient (Wildman–Crippen LogP) is 4.56. The van der Waals surface area contributed by atoms with Crippen LogP contribution in [0.2, 0.25) is 0 Å². The average Bonchev–Trinajstić information content (AvgIpc) is 2.36. The van der Waals surface area contributed by atoms with E-state index in [1.807, 2.05) is 0 Å². The van der Waals surface area contributed by atoms with Crippen LogP contribution in [0.15, 0.2) is 6.07 Å². The van der Waals surface area contributed by atoms with E-state index in [9.17, 15) is 17.6 Å². The molecule has 0 nitrogen and oxygen atoms in total. The first-order chi connectivity index (χ1) is 8.49. The first-order valence-corrected chi connectivity index (χ1v) is 8.00. The van der Waals surface area contributed by atoms with E-state index in [1.165, 1.54) is 0 Å². The smallest absolute Gasteiger partial charge is 0.198 e. The van der Waals surface area contributed by atoms with Gasteiger partial charge < -0.3 is 0 Å². The minimum atomic E-state index is -1.73. The van der Waals surface area contributed by atoms with Crippen LogP contribution in [-0.2, 0) is 0 Å². The van der Waals surface area contributed by atoms with E-state index in [4.69, 9.17) is 0 Å². The lowest BCUT2D eigenvalue weighted by Gasteiger charge is -2.14. The van der Waals surface area contributed by atoms with Crippen LogP contribution in [0.1, 0.15) is 32.6 Å². The molecular weight excluding hydrogens is 263 g/mol. The highest BCUT2D eigenvalue weighted by Gasteiger charge is 2.21. The summed E-state index contributed by atoms with van der Waals surface area (Å²) < 4.78 is 52.4. The van der Waals surface area contributed by atoms with Crippen LogP contribution in [0.4, 0.5) is 17.6 Å². The van der Waals surface area contributed by atoms with Crippen LogP contribution < -0.4 is 5.30 Å². The summed E-state index contributed by atoms with van der Waals surface area (Å²) in [6.07, 6.45) is 4.82. The van der Waals surface area contributed by atoms with Crippen molar-refractivity contribution in [2.24, 2.45) is 0 Å². The van der Waals surface area contributed by atoms with Gasteiger partial charge >= 0.3 is 0 Å². The normalized spacial score (nSPS) is 12.8. The average molecular weight is 280 g/mol. The maximum atomic E-state index is 13.5. The highest BCUT2D eigenvalue weighted by atomic mass is 31.1. The van der Waals surface area contributed by atoms with Crippen molar-refractivity contribution in [3.05, 3.63) is 29.3 Å². The molecule has 0 aliphatic carbocycles. The summed E-state index contributed by atoms with van der Waals surface area (Å²) in [4.78, 5) is 0. The molecule has 1 unspecified atom stereocenters. The molecular formula is C13H17F4P. The Labute approximate surface area is 106 Å². The summed E-state index contributed by atoms with van der Waals surface area (Å²) in [6, 6.07) is 0.791. The number of benzene rings is 1. The van der Waals surface area contributed by atoms with Gasteiger partial charge in [0.1, 0.15) is 0 Å². The second-order valence-electron chi connectivity index (χ2n) is 4.30. The minimum absolute atomic E-state index is 0.0158. The Hall–Kier alpha value is -0.630. The van der Waals surface area contributed by atoms with Crippen molar-refractivity contribution in [2.75, 3.05) is 12.8 Å². The summed E-state index contributed by atoms with van der Waals surface area (Å²) in [5.74, 6) is -5.98. The second-order valence-corrected chi connectivity index (χ2v) is 6.63. The van der Waals surface area contributed by atoms with Gasteiger partial charge in [-0.15, -0.1) is 0 Å². The second kappa shape index (κ2) is 7.08. The molecule has 0 bridgehead atoms. The van der Waals surface area contributed by atoms with Crippen molar-refractivity contribution in [2.45, 2.75) is 32.6 Å². The van der Waals surface area contributed by atoms with Crippen molar-refractivity contribution in [3.63, 3.8) is 0 Å². The van der Waals surface area contributed by atoms with Crippen molar-refractivity contribution >= 4 is 13.2 Å². The van der Waals surface area contributed by atoms with Gasteiger partial charge in [0.2, 0.25) is 0 Å². The number of unbranched alkanes of at least 4 members (excludes halogenated alkanes) is 3. The lowest BCUT2D eigenvalue weighted by Crippen LogP contribution is -2.14. The summed E-state index contributed by atoms with van der Waals surface area (Å²) in [7, 11) is -0.980. The topological polar surface area (TPSA) is 0 Å². The van der Waals surface area contributed by atoms with Crippen molar-refractivity contribution in [1.29, 1.82) is 0 Å². The van der Waals surface area contributed by atoms with Gasteiger partial charge in [-0.25, -0.2) is 17.6 Å². The molecule has 0 saturated carbocycles. The Morgan fingerprint density at radius 1 is 0.944 bits per heavy atom. The molecule has 0 aromatic heterocycles. The van der Waals surface area contributed by atoms with E-state index >= 15 is 0 Å². The minimum Gasteiger partial charge on any atom is -0.204 e. The van der Waals surface area contributed by atoms with Gasteiger partial charge in [-0.3, -0.25) is 0 Å². The van der Waals surface area contributed by atoms with Crippen LogP contribution in [0.25, 0.3) is 0 Å². The molecule has 0 aliphatic rings. The molecule has 5 heteroatoms. The van der Waals surface area contributed by atoms with Crippen LogP contribution in [-0.4, -0.2) is 12.8 Å². The van der Waals surface area contributed by atoms with Gasteiger partial charge in [0.15, 0.2) is 23.3 Å². The highest BCUT2D eigenvalue weighted by molar-refractivity contribution is 7.64. The van der Waals surface area contributed by atoms with Crippen LogP contribution in [0.5, 0.6) is 0 Å². The molecule has 0 N–H and O–H groups in total. The lowest BCUT2D eigenvalue weighted by atomic mass is 10.2. The first-order valence-electron chi connectivity index (χ1n) is 6.03. The molecule has 0 heterocycles. The fraction of sp³-hybridized carbons (Fsp3) is 0.538. The molecule has 0 fully saturated rings. The van der Waals surface area contributed by atoms with Gasteiger partial charge in [0.25, 0.3) is 0 Å². The maximum Gasteiger partial charge on any atom is 0.198 e. The summed E-state index contributed by atoms with van der Waals surface area (Å²) in [6.45, 7) is 3.84. The van der Waals surface area contributed by atoms with Gasteiger partial charge in [0, 0.05) is 5.30 Å². The Balaban J connectivity index is 2.77. The fourth-order valence-electron chi connectivity index (χ4n) is 1.73. The first kappa shape index (κ1) is 15.4. The largest absolute Gasteiger partial charge is 0.204 e. The van der Waals surface area contributed by atoms with Crippen molar-refractivity contribution in [1.82, 2.24) is 0 Å². The summed E-state index contributed by atoms with van der Waals surface area (Å²) in [5, 5.41) is -0.0158. The van der Waals surface area contributed by atoms with Crippen LogP contribution in [0, 0.1) is 23.3 Å². The van der Waals surface area contributed by atoms with Crippen molar-refractivity contribution < 1.29 is 17.6 Å². The quantitative estimate of drug-likeness (QED) is 0.235. The van der Waals surface area contributed by atoms with Gasteiger partial charge in [-0.1, -0.05) is 34.1 Å². The summed E-state index contributed by atoms with van der Waals surface area (Å²) in [5.41, 5.74) is 0. The standard InChI is InChI=1S/C13H17F4P/c1-3-4-5-6-7-18(2)10-8-9(14)11(15)13(17)12(10)16/h8H,3-7H2,1-2H3. The van der Waals surface area contributed by atoms with Crippen LogP contribution in [0.3, 0.4) is 0 Å². The van der Waals surface area contributed by atoms with E-state index in [2.05, 4.69) is 6.92 Å². The Bertz CT molecular complexity index is 406. The molecule has 1 atom stereocenters. The van der Waals surface area contributed by atoms with E-state index in [1.54, 1.807) is 6.66 Å². The SMILES string of the molecule is CCCCCCP(C)c1cc(F)c(F)c(F)c1F. The van der Waals surface area contributed by atoms with Gasteiger partial charge in [0.05, 0.1) is 0 Å². The maximum absolute atomic E-state index is 13.5. The van der Waals surface area contributed by atoms with Crippen molar-refractivity contribution in [3.8, 4) is 0 Å². The zero-order valence-corrected chi connectivity index (χ0v) is 11.5. The van der Waals surface area contributed by atoms with E-state index in [-0.39, 0.29) is 5.30 Å². The number of hydrogen-bond donors (Lipinski definition) is 0. The Morgan fingerprint density at radius 2 is 1.61 bits per heavy atom.